The van der Waals surface area contributed by atoms with Crippen LogP contribution in [-0.2, 0) is 29.3 Å². The van der Waals surface area contributed by atoms with E-state index >= 15 is 9.59 Å². The molecule has 4 aromatic rings. The minimum absolute atomic E-state index is 0.0350. The topological polar surface area (TPSA) is 138 Å². The summed E-state index contributed by atoms with van der Waals surface area (Å²) in [6.45, 7) is 2.51. The Hall–Kier alpha value is -5.77. The highest BCUT2D eigenvalue weighted by molar-refractivity contribution is 6.36. The van der Waals surface area contributed by atoms with Crippen LogP contribution in [0, 0.1) is 23.7 Å². The van der Waals surface area contributed by atoms with Gasteiger partial charge in [-0.1, -0.05) is 47.0 Å². The van der Waals surface area contributed by atoms with Gasteiger partial charge >= 0.3 is 6.36 Å². The Morgan fingerprint density at radius 2 is 1.52 bits per heavy atom. The van der Waals surface area contributed by atoms with E-state index < -0.39 is 76.5 Å². The molecule has 5 aliphatic rings. The van der Waals surface area contributed by atoms with E-state index in [4.69, 9.17) is 32.7 Å². The first-order valence-corrected chi connectivity index (χ1v) is 20.3. The normalized spacial score (nSPS) is 26.2. The number of hydrazine groups is 1. The van der Waals surface area contributed by atoms with Crippen molar-refractivity contribution in [1.82, 2.24) is 5.01 Å². The summed E-state index contributed by atoms with van der Waals surface area (Å²) >= 11 is 12.7. The molecule has 1 saturated carbocycles. The molecule has 6 atom stereocenters. The van der Waals surface area contributed by atoms with Gasteiger partial charge in [0, 0.05) is 35.3 Å². The number of carbonyl (C=O) groups excluding carboxylic acids is 4. The van der Waals surface area contributed by atoms with Crippen LogP contribution in [0.25, 0.3) is 0 Å². The fourth-order valence-electron chi connectivity index (χ4n) is 10.0. The largest absolute Gasteiger partial charge is 0.573 e. The molecule has 316 valence electrons. The second kappa shape index (κ2) is 15.3. The molecule has 61 heavy (non-hydrogen) atoms. The summed E-state index contributed by atoms with van der Waals surface area (Å²) in [5.74, 6) is -8.65. The number of halogens is 5. The zero-order chi connectivity index (χ0) is 43.0. The summed E-state index contributed by atoms with van der Waals surface area (Å²) in [6.07, 6.45) is -3.47. The number of anilines is 3. The molecule has 9 rings (SSSR count). The van der Waals surface area contributed by atoms with Gasteiger partial charge in [0.15, 0.2) is 0 Å². The van der Waals surface area contributed by atoms with E-state index in [2.05, 4.69) is 15.1 Å². The number of morpholine rings is 1. The lowest BCUT2D eigenvalue weighted by Crippen LogP contribution is -2.53. The maximum absolute atomic E-state index is 15.5. The number of phenolic OH excluding ortho intramolecular Hbond substituents is 1. The smallest absolute Gasteiger partial charge is 0.508 e. The number of imide groups is 2. The lowest BCUT2D eigenvalue weighted by molar-refractivity contribution is -0.274. The van der Waals surface area contributed by atoms with Crippen LogP contribution < -0.4 is 24.7 Å². The van der Waals surface area contributed by atoms with Crippen LogP contribution in [0.2, 0.25) is 10.0 Å². The lowest BCUT2D eigenvalue weighted by atomic mass is 9.49. The number of methoxy groups -OCH3 is 1. The zero-order valence-corrected chi connectivity index (χ0v) is 33.8. The van der Waals surface area contributed by atoms with E-state index in [-0.39, 0.29) is 39.7 Å². The highest BCUT2D eigenvalue weighted by atomic mass is 35.5. The van der Waals surface area contributed by atoms with Crippen molar-refractivity contribution in [2.24, 2.45) is 23.7 Å². The summed E-state index contributed by atoms with van der Waals surface area (Å²) in [5, 5.41) is 12.9. The van der Waals surface area contributed by atoms with Crippen molar-refractivity contribution in [2.45, 2.75) is 30.5 Å². The van der Waals surface area contributed by atoms with Crippen LogP contribution in [0.3, 0.4) is 0 Å². The van der Waals surface area contributed by atoms with Crippen LogP contribution in [0.4, 0.5) is 30.2 Å². The first-order valence-electron chi connectivity index (χ1n) is 19.5. The number of nitrogens with one attached hydrogen (secondary N) is 1. The summed E-state index contributed by atoms with van der Waals surface area (Å²) in [6, 6.07) is 20.8. The Kier molecular flexibility index (Phi) is 10.2. The van der Waals surface area contributed by atoms with Gasteiger partial charge in [-0.2, -0.15) is 5.01 Å². The zero-order valence-electron chi connectivity index (χ0n) is 32.3. The molecule has 2 N–H and O–H groups in total. The van der Waals surface area contributed by atoms with E-state index in [1.807, 2.05) is 12.1 Å². The molecule has 4 fully saturated rings. The molecule has 0 spiro atoms. The number of fused-ring (bicyclic) bond motifs is 4. The van der Waals surface area contributed by atoms with E-state index in [1.54, 1.807) is 42.5 Å². The van der Waals surface area contributed by atoms with Gasteiger partial charge in [0.25, 0.3) is 11.8 Å². The molecule has 4 aromatic carbocycles. The molecular weight excluding hydrogens is 840 g/mol. The quantitative estimate of drug-likeness (QED) is 0.134. The molecule has 17 heteroatoms. The molecule has 4 amide bonds. The van der Waals surface area contributed by atoms with Crippen LogP contribution in [0.5, 0.6) is 17.2 Å². The minimum Gasteiger partial charge on any atom is -0.508 e. The van der Waals surface area contributed by atoms with Crippen molar-refractivity contribution < 1.29 is 51.7 Å². The number of benzene rings is 4. The van der Waals surface area contributed by atoms with Crippen LogP contribution >= 0.6 is 23.2 Å². The van der Waals surface area contributed by atoms with Gasteiger partial charge in [-0.3, -0.25) is 29.5 Å². The third-order valence-corrected chi connectivity index (χ3v) is 13.2. The van der Waals surface area contributed by atoms with Crippen molar-refractivity contribution >= 4 is 63.9 Å². The van der Waals surface area contributed by atoms with Gasteiger partial charge < -0.3 is 24.2 Å². The summed E-state index contributed by atoms with van der Waals surface area (Å²) in [4.78, 5) is 62.9. The number of hydrogen-bond donors (Lipinski definition) is 2. The van der Waals surface area contributed by atoms with Crippen molar-refractivity contribution in [1.29, 1.82) is 0 Å². The van der Waals surface area contributed by atoms with Crippen molar-refractivity contribution in [3.63, 3.8) is 0 Å². The average molecular weight is 878 g/mol. The van der Waals surface area contributed by atoms with Gasteiger partial charge in [0.2, 0.25) is 11.8 Å². The van der Waals surface area contributed by atoms with Crippen molar-refractivity contribution in [2.75, 3.05) is 48.6 Å². The van der Waals surface area contributed by atoms with E-state index in [0.717, 1.165) is 33.8 Å². The number of rotatable bonds is 8. The number of amides is 4. The van der Waals surface area contributed by atoms with Crippen molar-refractivity contribution in [3.05, 3.63) is 118 Å². The Morgan fingerprint density at radius 1 is 0.836 bits per heavy atom. The van der Waals surface area contributed by atoms with Gasteiger partial charge in [0.1, 0.15) is 17.2 Å². The fourth-order valence-corrected chi connectivity index (χ4v) is 10.5. The van der Waals surface area contributed by atoms with Gasteiger partial charge in [-0.15, -0.1) is 13.2 Å². The standard InChI is InChI=1S/C44H37Cl2F3N4O8/c1-59-27-9-2-23(3-10-27)43-33(40(56)53(42(43)58)50-35-14-4-24(45)20-34(35)46)22-31-29(38(43)32-21-28(11-15-36(32)54)61-44(47,48)49)12-13-30-37(31)41(57)52(39(30)55)26-7-5-25(6-8-26)51-16-18-60-19-17-51/h2-12,14-15,20-21,30-31,33,37-38,50,54H,13,16-19,22H2,1H3. The maximum atomic E-state index is 15.5. The first-order chi connectivity index (χ1) is 29.2. The predicted molar refractivity (Wildman–Crippen MR) is 217 cm³/mol. The number of nitrogens with zero attached hydrogens (tertiary/aromatic N) is 3. The lowest BCUT2D eigenvalue weighted by Gasteiger charge is -2.50. The number of allylic oxidation sites excluding steroid dienone is 2. The van der Waals surface area contributed by atoms with Crippen LogP contribution in [0.15, 0.2) is 96.6 Å². The van der Waals surface area contributed by atoms with Gasteiger partial charge in [0.05, 0.1) is 59.9 Å². The highest BCUT2D eigenvalue weighted by Gasteiger charge is 2.71. The molecular formula is C44H37Cl2F3N4O8. The second-order valence-electron chi connectivity index (χ2n) is 15.6. The molecule has 0 bridgehead atoms. The fraction of sp³-hybridized carbons (Fsp3) is 0.318. The SMILES string of the molecule is COc1ccc(C23C(=O)N(Nc4ccc(Cl)cc4Cl)C(=O)C2CC2C(=CCC4C(=O)N(c5ccc(N6CCOCC6)cc5)C(=O)C42)C3c2cc(OC(F)(F)F)ccc2O)cc1. The molecule has 12 nitrogen and oxygen atoms in total. The third kappa shape index (κ3) is 6.73. The predicted octanol–water partition coefficient (Wildman–Crippen LogP) is 7.63. The molecule has 3 saturated heterocycles. The van der Waals surface area contributed by atoms with Gasteiger partial charge in [-0.25, -0.2) is 0 Å². The Bertz CT molecular complexity index is 2480. The molecule has 6 unspecified atom stereocenters. The second-order valence-corrected chi connectivity index (χ2v) is 16.5. The highest BCUT2D eigenvalue weighted by Crippen LogP contribution is 2.65. The Labute approximate surface area is 357 Å². The number of hydrogen-bond acceptors (Lipinski definition) is 10. The third-order valence-electron chi connectivity index (χ3n) is 12.6. The Morgan fingerprint density at radius 3 is 2.20 bits per heavy atom. The maximum Gasteiger partial charge on any atom is 0.573 e. The average Bonchev–Trinajstić information content (AvgIpc) is 3.63. The summed E-state index contributed by atoms with van der Waals surface area (Å²) in [5.41, 5.74) is 2.87. The monoisotopic (exact) mass is 876 g/mol. The van der Waals surface area contributed by atoms with Gasteiger partial charge in [-0.05, 0) is 97.1 Å². The van der Waals surface area contributed by atoms with E-state index in [1.165, 1.54) is 25.3 Å². The van der Waals surface area contributed by atoms with Crippen molar-refractivity contribution in [3.8, 4) is 17.2 Å². The molecule has 3 heterocycles. The van der Waals surface area contributed by atoms with Crippen LogP contribution in [-0.4, -0.2) is 73.5 Å². The number of phenols is 1. The summed E-state index contributed by atoms with van der Waals surface area (Å²) in [7, 11) is 1.45. The van der Waals surface area contributed by atoms with Crippen LogP contribution in [0.1, 0.15) is 29.9 Å². The minimum atomic E-state index is -5.12. The number of carbonyl (C=O) groups is 4. The molecule has 0 radical (unpaired) electrons. The molecule has 2 aliphatic carbocycles. The number of alkyl halides is 3. The molecule has 3 aliphatic heterocycles. The number of ether oxygens (including phenoxy) is 3. The Balaban J connectivity index is 1.20. The van der Waals surface area contributed by atoms with E-state index in [0.29, 0.717) is 43.3 Å². The first kappa shape index (κ1) is 40.6. The molecule has 0 aromatic heterocycles. The van der Waals surface area contributed by atoms with E-state index in [9.17, 15) is 27.9 Å². The number of aromatic hydroxyl groups is 1. The summed E-state index contributed by atoms with van der Waals surface area (Å²) < 4.78 is 56.4.